The highest BCUT2D eigenvalue weighted by Gasteiger charge is 2.07. The van der Waals surface area contributed by atoms with Gasteiger partial charge in [0.15, 0.2) is 0 Å². The molecule has 1 heterocycles. The van der Waals surface area contributed by atoms with E-state index in [1.165, 1.54) is 0 Å². The Bertz CT molecular complexity index is 769. The van der Waals surface area contributed by atoms with Crippen LogP contribution in [0.5, 0.6) is 0 Å². The molecule has 0 unspecified atom stereocenters. The van der Waals surface area contributed by atoms with Gasteiger partial charge in [0.05, 0.1) is 5.69 Å². The van der Waals surface area contributed by atoms with Crippen LogP contribution in [-0.2, 0) is 0 Å². The maximum Gasteiger partial charge on any atom is 0.255 e. The number of nitrogens with zero attached hydrogens (tertiary/aromatic N) is 1. The van der Waals surface area contributed by atoms with Crippen LogP contribution in [0.25, 0.3) is 11.3 Å². The Morgan fingerprint density at radius 1 is 1.10 bits per heavy atom. The molecule has 5 heteroatoms. The van der Waals surface area contributed by atoms with Gasteiger partial charge in [0.25, 0.3) is 5.91 Å². The summed E-state index contributed by atoms with van der Waals surface area (Å²) >= 11 is 5.89. The number of aromatic nitrogens is 2. The van der Waals surface area contributed by atoms with Gasteiger partial charge in [0.1, 0.15) is 0 Å². The van der Waals surface area contributed by atoms with Crippen molar-refractivity contribution in [3.8, 4) is 11.3 Å². The van der Waals surface area contributed by atoms with Crippen LogP contribution in [0.4, 0.5) is 5.69 Å². The lowest BCUT2D eigenvalue weighted by Crippen LogP contribution is -2.11. The molecule has 3 rings (SSSR count). The van der Waals surface area contributed by atoms with Crippen LogP contribution in [0.3, 0.4) is 0 Å². The Balaban J connectivity index is 1.82. The third kappa shape index (κ3) is 3.12. The second kappa shape index (κ2) is 5.81. The summed E-state index contributed by atoms with van der Waals surface area (Å²) in [6.07, 6.45) is 1.69. The number of carbonyl (C=O) groups is 1. The van der Waals surface area contributed by atoms with Crippen molar-refractivity contribution in [2.75, 3.05) is 5.32 Å². The molecule has 0 aliphatic rings. The molecule has 0 saturated heterocycles. The first-order valence-corrected chi connectivity index (χ1v) is 6.77. The standard InChI is InChI=1S/C16H12ClN3O/c17-13-5-1-4-12(9-13)16(21)19-14-6-2-3-11(10-14)15-7-8-18-20-15/h1-10H,(H,18,20)(H,19,21). The zero-order valence-corrected chi connectivity index (χ0v) is 11.8. The van der Waals surface area contributed by atoms with Crippen molar-refractivity contribution in [3.05, 3.63) is 71.4 Å². The Morgan fingerprint density at radius 2 is 1.95 bits per heavy atom. The van der Waals surface area contributed by atoms with Crippen LogP contribution in [0.15, 0.2) is 60.8 Å². The molecule has 1 aromatic heterocycles. The van der Waals surface area contributed by atoms with Crippen molar-refractivity contribution in [2.24, 2.45) is 0 Å². The predicted octanol–water partition coefficient (Wildman–Crippen LogP) is 3.98. The second-order valence-electron chi connectivity index (χ2n) is 4.52. The van der Waals surface area contributed by atoms with Gasteiger partial charge in [0.2, 0.25) is 0 Å². The lowest BCUT2D eigenvalue weighted by molar-refractivity contribution is 0.102. The van der Waals surface area contributed by atoms with Gasteiger partial charge in [-0.05, 0) is 36.4 Å². The molecule has 0 bridgehead atoms. The lowest BCUT2D eigenvalue weighted by atomic mass is 10.1. The molecule has 0 aliphatic carbocycles. The van der Waals surface area contributed by atoms with Gasteiger partial charge in [-0.2, -0.15) is 5.10 Å². The number of benzene rings is 2. The summed E-state index contributed by atoms with van der Waals surface area (Å²) in [5, 5.41) is 10.2. The molecule has 0 atom stereocenters. The van der Waals surface area contributed by atoms with Crippen LogP contribution >= 0.6 is 11.6 Å². The van der Waals surface area contributed by atoms with Crippen molar-refractivity contribution < 1.29 is 4.79 Å². The third-order valence-corrected chi connectivity index (χ3v) is 3.25. The summed E-state index contributed by atoms with van der Waals surface area (Å²) in [5.74, 6) is -0.195. The van der Waals surface area contributed by atoms with E-state index in [1.54, 1.807) is 30.5 Å². The number of rotatable bonds is 3. The molecule has 1 amide bonds. The highest BCUT2D eigenvalue weighted by Crippen LogP contribution is 2.21. The number of anilines is 1. The minimum Gasteiger partial charge on any atom is -0.322 e. The predicted molar refractivity (Wildman–Crippen MR) is 83.4 cm³/mol. The molecule has 2 N–H and O–H groups in total. The largest absolute Gasteiger partial charge is 0.322 e. The monoisotopic (exact) mass is 297 g/mol. The van der Waals surface area contributed by atoms with E-state index in [-0.39, 0.29) is 5.91 Å². The maximum atomic E-state index is 12.2. The number of carbonyl (C=O) groups excluding carboxylic acids is 1. The van der Waals surface area contributed by atoms with Crippen LogP contribution in [-0.4, -0.2) is 16.1 Å². The summed E-state index contributed by atoms with van der Waals surface area (Å²) in [6, 6.07) is 16.3. The normalized spacial score (nSPS) is 10.3. The third-order valence-electron chi connectivity index (χ3n) is 3.02. The minimum atomic E-state index is -0.195. The molecule has 2 aromatic carbocycles. The second-order valence-corrected chi connectivity index (χ2v) is 4.95. The average molecular weight is 298 g/mol. The number of aromatic amines is 1. The minimum absolute atomic E-state index is 0.195. The SMILES string of the molecule is O=C(Nc1cccc(-c2ccn[nH]2)c1)c1cccc(Cl)c1. The van der Waals surface area contributed by atoms with Crippen molar-refractivity contribution in [1.29, 1.82) is 0 Å². The first kappa shape index (κ1) is 13.4. The fourth-order valence-electron chi connectivity index (χ4n) is 2.01. The fraction of sp³-hybridized carbons (Fsp3) is 0. The first-order valence-electron chi connectivity index (χ1n) is 6.39. The summed E-state index contributed by atoms with van der Waals surface area (Å²) in [4.78, 5) is 12.2. The number of halogens is 1. The molecule has 3 aromatic rings. The quantitative estimate of drug-likeness (QED) is 0.768. The van der Waals surface area contributed by atoms with Gasteiger partial charge in [0, 0.05) is 28.0 Å². The lowest BCUT2D eigenvalue weighted by Gasteiger charge is -2.07. The van der Waals surface area contributed by atoms with Crippen molar-refractivity contribution in [1.82, 2.24) is 10.2 Å². The molecule has 0 aliphatic heterocycles. The molecule has 0 fully saturated rings. The molecule has 0 spiro atoms. The zero-order valence-electron chi connectivity index (χ0n) is 11.0. The van der Waals surface area contributed by atoms with Gasteiger partial charge < -0.3 is 5.32 Å². The van der Waals surface area contributed by atoms with Gasteiger partial charge in [-0.3, -0.25) is 9.89 Å². The number of H-pyrrole nitrogens is 1. The molecule has 4 nitrogen and oxygen atoms in total. The molecule has 21 heavy (non-hydrogen) atoms. The van der Waals surface area contributed by atoms with Crippen molar-refractivity contribution in [2.45, 2.75) is 0 Å². The molecule has 0 saturated carbocycles. The van der Waals surface area contributed by atoms with Crippen molar-refractivity contribution >= 4 is 23.2 Å². The van der Waals surface area contributed by atoms with E-state index in [1.807, 2.05) is 30.3 Å². The van der Waals surface area contributed by atoms with E-state index in [0.29, 0.717) is 16.3 Å². The van der Waals surface area contributed by atoms with E-state index in [0.717, 1.165) is 11.3 Å². The Kier molecular flexibility index (Phi) is 3.71. The van der Waals surface area contributed by atoms with Gasteiger partial charge in [-0.15, -0.1) is 0 Å². The van der Waals surface area contributed by atoms with Gasteiger partial charge >= 0.3 is 0 Å². The highest BCUT2D eigenvalue weighted by molar-refractivity contribution is 6.31. The number of nitrogens with one attached hydrogen (secondary N) is 2. The Labute approximate surface area is 126 Å². The average Bonchev–Trinajstić information content (AvgIpc) is 3.02. The number of hydrogen-bond acceptors (Lipinski definition) is 2. The summed E-state index contributed by atoms with van der Waals surface area (Å²) in [5.41, 5.74) is 3.09. The van der Waals surface area contributed by atoms with E-state index >= 15 is 0 Å². The maximum absolute atomic E-state index is 12.2. The topological polar surface area (TPSA) is 57.8 Å². The molecule has 104 valence electrons. The smallest absolute Gasteiger partial charge is 0.255 e. The van der Waals surface area contributed by atoms with Crippen molar-refractivity contribution in [3.63, 3.8) is 0 Å². The van der Waals surface area contributed by atoms with Gasteiger partial charge in [-0.1, -0.05) is 29.8 Å². The van der Waals surface area contributed by atoms with Crippen LogP contribution in [0.2, 0.25) is 5.02 Å². The number of amides is 1. The summed E-state index contributed by atoms with van der Waals surface area (Å²) in [7, 11) is 0. The summed E-state index contributed by atoms with van der Waals surface area (Å²) < 4.78 is 0. The van der Waals surface area contributed by atoms with E-state index < -0.39 is 0 Å². The van der Waals surface area contributed by atoms with E-state index in [9.17, 15) is 4.79 Å². The first-order chi connectivity index (χ1) is 10.2. The highest BCUT2D eigenvalue weighted by atomic mass is 35.5. The van der Waals surface area contributed by atoms with Crippen LogP contribution < -0.4 is 5.32 Å². The molecular weight excluding hydrogens is 286 g/mol. The molecular formula is C16H12ClN3O. The Hall–Kier alpha value is -2.59. The van der Waals surface area contributed by atoms with E-state index in [4.69, 9.17) is 11.6 Å². The number of hydrogen-bond donors (Lipinski definition) is 2. The van der Waals surface area contributed by atoms with Crippen LogP contribution in [0.1, 0.15) is 10.4 Å². The fourth-order valence-corrected chi connectivity index (χ4v) is 2.20. The summed E-state index contributed by atoms with van der Waals surface area (Å²) in [6.45, 7) is 0. The van der Waals surface area contributed by atoms with E-state index in [2.05, 4.69) is 15.5 Å². The van der Waals surface area contributed by atoms with Gasteiger partial charge in [-0.25, -0.2) is 0 Å². The molecule has 0 radical (unpaired) electrons. The Morgan fingerprint density at radius 3 is 2.71 bits per heavy atom. The zero-order chi connectivity index (χ0) is 14.7. The van der Waals surface area contributed by atoms with Crippen LogP contribution in [0, 0.1) is 0 Å².